The second-order valence-electron chi connectivity index (χ2n) is 30.2. The van der Waals surface area contributed by atoms with Gasteiger partial charge in [0, 0.05) is 181 Å². The van der Waals surface area contributed by atoms with Gasteiger partial charge in [-0.05, 0) is 166 Å². The number of benzene rings is 16. The molecular weight excluding hydrogens is 1340 g/mol. The molecule has 8 aromatic heterocycles. The SMILES string of the molecule is Cn1c2ccccc2c2cc3c(cc21)c1ccccc1n3-c1ccc([Si](c2ccc(-n3c4ccccc4c4cc5c(cc43)c3ccccc3n5C)cc2)(c2ccc(-n3c4ccccc4c4cc5c(cc43)c3ccccc3n5C)cc2)c2ccc(-n3c4ccccc4c4cc5c(cc43)c3ccccc3n5C)cc2)cc1. The number of nitrogens with zero attached hydrogens (tertiary/aromatic N) is 8. The molecule has 24 aromatic rings. The molecule has 0 N–H and O–H groups in total. The average Bonchev–Trinajstić information content (AvgIpc) is 1.66. The minimum Gasteiger partial charge on any atom is -0.344 e. The third-order valence-corrected chi connectivity index (χ3v) is 29.9. The van der Waals surface area contributed by atoms with Crippen molar-refractivity contribution < 1.29 is 0 Å². The van der Waals surface area contributed by atoms with Crippen LogP contribution in [0, 0.1) is 0 Å². The topological polar surface area (TPSA) is 39.4 Å². The lowest BCUT2D eigenvalue weighted by molar-refractivity contribution is 1.02. The van der Waals surface area contributed by atoms with Crippen LogP contribution in [0.1, 0.15) is 0 Å². The van der Waals surface area contributed by atoms with Crippen molar-refractivity contribution in [3.8, 4) is 22.7 Å². The Labute approximate surface area is 626 Å². The van der Waals surface area contributed by atoms with E-state index in [4.69, 9.17) is 0 Å². The summed E-state index contributed by atoms with van der Waals surface area (Å²) in [4.78, 5) is 0. The summed E-state index contributed by atoms with van der Waals surface area (Å²) in [6.45, 7) is 0. The van der Waals surface area contributed by atoms with E-state index in [1.165, 1.54) is 195 Å². The Balaban J connectivity index is 0.763. The number of para-hydroxylation sites is 8. The van der Waals surface area contributed by atoms with Crippen LogP contribution in [0.2, 0.25) is 0 Å². The third-order valence-electron chi connectivity index (χ3n) is 25.1. The van der Waals surface area contributed by atoms with Crippen molar-refractivity contribution in [2.75, 3.05) is 0 Å². The van der Waals surface area contributed by atoms with Crippen LogP contribution < -0.4 is 20.7 Å². The lowest BCUT2D eigenvalue weighted by Gasteiger charge is -2.35. The largest absolute Gasteiger partial charge is 0.344 e. The Morgan fingerprint density at radius 2 is 0.303 bits per heavy atom. The van der Waals surface area contributed by atoms with Gasteiger partial charge in [-0.1, -0.05) is 194 Å². The van der Waals surface area contributed by atoms with E-state index in [2.05, 4.69) is 404 Å². The molecule has 8 nitrogen and oxygen atoms in total. The van der Waals surface area contributed by atoms with Crippen molar-refractivity contribution in [3.63, 3.8) is 0 Å². The van der Waals surface area contributed by atoms with Crippen LogP contribution >= 0.6 is 0 Å². The van der Waals surface area contributed by atoms with Crippen molar-refractivity contribution >= 4 is 203 Å². The highest BCUT2D eigenvalue weighted by Gasteiger charge is 2.42. The molecule has 0 amide bonds. The van der Waals surface area contributed by atoms with Gasteiger partial charge in [-0.2, -0.15) is 0 Å². The van der Waals surface area contributed by atoms with Crippen molar-refractivity contribution in [1.29, 1.82) is 0 Å². The monoisotopic (exact) mass is 1410 g/mol. The average molecular weight is 1410 g/mol. The number of fused-ring (bicyclic) bond motifs is 24. The molecular formula is C100H68N8Si. The third kappa shape index (κ3) is 8.10. The first kappa shape index (κ1) is 60.4. The molecule has 8 heterocycles. The molecule has 24 rings (SSSR count). The summed E-state index contributed by atoms with van der Waals surface area (Å²) in [6.07, 6.45) is 0. The molecule has 0 aliphatic heterocycles. The first-order chi connectivity index (χ1) is 53.7. The molecule has 0 radical (unpaired) electrons. The predicted octanol–water partition coefficient (Wildman–Crippen LogP) is 22.0. The molecule has 0 bridgehead atoms. The van der Waals surface area contributed by atoms with Gasteiger partial charge in [-0.25, -0.2) is 0 Å². The van der Waals surface area contributed by atoms with E-state index in [-0.39, 0.29) is 0 Å². The van der Waals surface area contributed by atoms with Crippen LogP contribution in [0.15, 0.2) is 340 Å². The Morgan fingerprint density at radius 3 is 0.505 bits per heavy atom. The normalized spacial score (nSPS) is 12.6. The molecule has 0 aliphatic rings. The number of hydrogen-bond acceptors (Lipinski definition) is 0. The summed E-state index contributed by atoms with van der Waals surface area (Å²) in [5.41, 5.74) is 23.8. The van der Waals surface area contributed by atoms with Gasteiger partial charge in [0.15, 0.2) is 8.07 Å². The lowest BCUT2D eigenvalue weighted by Crippen LogP contribution is -2.74. The van der Waals surface area contributed by atoms with Gasteiger partial charge < -0.3 is 36.5 Å². The van der Waals surface area contributed by atoms with Gasteiger partial charge >= 0.3 is 0 Å². The quantitative estimate of drug-likeness (QED) is 0.107. The minimum atomic E-state index is -3.46. The number of aromatic nitrogens is 8. The summed E-state index contributed by atoms with van der Waals surface area (Å²) in [5.74, 6) is 0. The second kappa shape index (κ2) is 22.1. The highest BCUT2D eigenvalue weighted by molar-refractivity contribution is 7.20. The summed E-state index contributed by atoms with van der Waals surface area (Å²) < 4.78 is 19.4. The first-order valence-electron chi connectivity index (χ1n) is 37.8. The molecule has 0 saturated carbocycles. The van der Waals surface area contributed by atoms with Crippen LogP contribution in [0.4, 0.5) is 0 Å². The molecule has 0 fully saturated rings. The van der Waals surface area contributed by atoms with Gasteiger partial charge in [0.1, 0.15) is 0 Å². The van der Waals surface area contributed by atoms with E-state index in [0.717, 1.165) is 22.7 Å². The fraction of sp³-hybridized carbons (Fsp3) is 0.0400. The molecule has 9 heteroatoms. The highest BCUT2D eigenvalue weighted by atomic mass is 28.3. The number of rotatable bonds is 8. The molecule has 0 unspecified atom stereocenters. The van der Waals surface area contributed by atoms with E-state index in [1.54, 1.807) is 0 Å². The fourth-order valence-corrected chi connectivity index (χ4v) is 24.7. The molecule has 16 aromatic carbocycles. The Bertz CT molecular complexity index is 7100. The second-order valence-corrected chi connectivity index (χ2v) is 34.0. The van der Waals surface area contributed by atoms with Crippen molar-refractivity contribution in [3.05, 3.63) is 340 Å². The molecule has 0 aliphatic carbocycles. The van der Waals surface area contributed by atoms with Crippen molar-refractivity contribution in [1.82, 2.24) is 36.5 Å². The zero-order valence-electron chi connectivity index (χ0n) is 60.4. The van der Waals surface area contributed by atoms with Gasteiger partial charge in [-0.3, -0.25) is 0 Å². The smallest absolute Gasteiger partial charge is 0.179 e. The maximum absolute atomic E-state index is 3.46. The summed E-state index contributed by atoms with van der Waals surface area (Å²) in [7, 11) is 5.34. The number of hydrogen-bond donors (Lipinski definition) is 0. The Morgan fingerprint density at radius 1 is 0.147 bits per heavy atom. The van der Waals surface area contributed by atoms with E-state index >= 15 is 0 Å². The van der Waals surface area contributed by atoms with Crippen LogP contribution in [-0.4, -0.2) is 44.6 Å². The van der Waals surface area contributed by atoms with Crippen LogP contribution in [0.3, 0.4) is 0 Å². The van der Waals surface area contributed by atoms with Gasteiger partial charge in [0.05, 0.1) is 44.1 Å². The van der Waals surface area contributed by atoms with Gasteiger partial charge in [0.25, 0.3) is 0 Å². The molecule has 109 heavy (non-hydrogen) atoms. The van der Waals surface area contributed by atoms with Crippen LogP contribution in [-0.2, 0) is 28.2 Å². The van der Waals surface area contributed by atoms with Gasteiger partial charge in [-0.15, -0.1) is 0 Å². The van der Waals surface area contributed by atoms with E-state index in [0.29, 0.717) is 0 Å². The summed E-state index contributed by atoms with van der Waals surface area (Å²) >= 11 is 0. The van der Waals surface area contributed by atoms with E-state index in [1.807, 2.05) is 0 Å². The first-order valence-corrected chi connectivity index (χ1v) is 39.8. The van der Waals surface area contributed by atoms with Gasteiger partial charge in [0.2, 0.25) is 0 Å². The standard InChI is InChI=1S/C100H68N8Si/c1-101-85-29-13-5-21-69(85)77-57-97-81(53-93(77)101)73-25-9-17-33-89(73)105(97)61-37-45-65(46-38-61)109(66-47-39-62(40-48-66)106-90-34-18-10-26-74(90)82-54-94-78(58-98(82)106)70-22-6-14-30-86(70)102(94)2,67-49-41-63(42-50-67)107-91-35-19-11-27-75(91)83-55-95-79(59-99(83)107)71-23-7-15-31-87(71)103(95)3)68-51-43-64(44-52-68)108-92-36-20-12-28-76(92)84-56-96-80(60-100(84)108)72-24-8-16-32-88(72)104(96)4/h5-60H,1-4H3. The Hall–Kier alpha value is -13.9. The van der Waals surface area contributed by atoms with Crippen molar-refractivity contribution in [2.45, 2.75) is 0 Å². The zero-order chi connectivity index (χ0) is 71.8. The van der Waals surface area contributed by atoms with Crippen LogP contribution in [0.5, 0.6) is 0 Å². The summed E-state index contributed by atoms with van der Waals surface area (Å²) in [6, 6.07) is 130. The lowest BCUT2D eigenvalue weighted by atomic mass is 10.1. The zero-order valence-corrected chi connectivity index (χ0v) is 61.4. The predicted molar refractivity (Wildman–Crippen MR) is 463 cm³/mol. The number of aryl methyl sites for hydroxylation is 4. The van der Waals surface area contributed by atoms with Crippen LogP contribution in [0.25, 0.3) is 197 Å². The minimum absolute atomic E-state index is 1.11. The Kier molecular flexibility index (Phi) is 12.3. The molecule has 0 saturated heterocycles. The molecule has 0 spiro atoms. The fourth-order valence-electron chi connectivity index (χ4n) is 20.0. The summed E-state index contributed by atoms with van der Waals surface area (Å²) in [5, 5.41) is 25.0. The molecule has 512 valence electrons. The van der Waals surface area contributed by atoms with Crippen molar-refractivity contribution in [2.24, 2.45) is 28.2 Å². The van der Waals surface area contributed by atoms with E-state index in [9.17, 15) is 0 Å². The maximum Gasteiger partial charge on any atom is 0.179 e. The highest BCUT2D eigenvalue weighted by Crippen LogP contribution is 2.44. The van der Waals surface area contributed by atoms with E-state index < -0.39 is 8.07 Å². The maximum atomic E-state index is 2.50. The molecule has 0 atom stereocenters.